The summed E-state index contributed by atoms with van der Waals surface area (Å²) in [5.74, 6) is 0. The van der Waals surface area contributed by atoms with Crippen molar-refractivity contribution in [3.63, 3.8) is 0 Å². The van der Waals surface area contributed by atoms with Crippen LogP contribution in [0.4, 0.5) is 0 Å². The zero-order valence-electron chi connectivity index (χ0n) is 7.53. The van der Waals surface area contributed by atoms with Crippen molar-refractivity contribution in [1.29, 1.82) is 0 Å². The molecular formula is C8H18N2O2. The summed E-state index contributed by atoms with van der Waals surface area (Å²) in [6.07, 6.45) is 0.532. The van der Waals surface area contributed by atoms with E-state index in [9.17, 15) is 5.11 Å². The van der Waals surface area contributed by atoms with E-state index in [2.05, 4.69) is 10.2 Å². The van der Waals surface area contributed by atoms with E-state index in [-0.39, 0.29) is 6.61 Å². The van der Waals surface area contributed by atoms with Crippen LogP contribution in [-0.2, 0) is 0 Å². The van der Waals surface area contributed by atoms with Gasteiger partial charge in [-0.15, -0.1) is 0 Å². The minimum Gasteiger partial charge on any atom is -0.394 e. The number of rotatable bonds is 4. The summed E-state index contributed by atoms with van der Waals surface area (Å²) >= 11 is 0. The van der Waals surface area contributed by atoms with Crippen LogP contribution in [-0.4, -0.2) is 60.5 Å². The Morgan fingerprint density at radius 1 is 1.67 bits per heavy atom. The van der Waals surface area contributed by atoms with Gasteiger partial charge in [-0.3, -0.25) is 4.90 Å². The van der Waals surface area contributed by atoms with Gasteiger partial charge in [0.2, 0.25) is 0 Å². The Labute approximate surface area is 73.2 Å². The lowest BCUT2D eigenvalue weighted by molar-refractivity contribution is 0.0569. The Morgan fingerprint density at radius 3 is 2.92 bits per heavy atom. The molecule has 2 unspecified atom stereocenters. The molecule has 0 bridgehead atoms. The van der Waals surface area contributed by atoms with E-state index in [1.165, 1.54) is 0 Å². The Kier molecular flexibility index (Phi) is 3.94. The van der Waals surface area contributed by atoms with Crippen LogP contribution in [0.2, 0.25) is 0 Å². The Hall–Kier alpha value is -0.160. The van der Waals surface area contributed by atoms with Gasteiger partial charge in [0, 0.05) is 19.1 Å². The molecule has 1 aliphatic rings. The van der Waals surface area contributed by atoms with Gasteiger partial charge in [-0.2, -0.15) is 0 Å². The summed E-state index contributed by atoms with van der Waals surface area (Å²) in [7, 11) is 1.98. The molecule has 12 heavy (non-hydrogen) atoms. The number of likely N-dealkylation sites (N-methyl/N-ethyl adjacent to an activating group) is 1. The molecular weight excluding hydrogens is 156 g/mol. The molecule has 72 valence electrons. The molecule has 4 nitrogen and oxygen atoms in total. The summed E-state index contributed by atoms with van der Waals surface area (Å²) in [4.78, 5) is 2.10. The van der Waals surface area contributed by atoms with Crippen LogP contribution in [0, 0.1) is 0 Å². The normalized spacial score (nSPS) is 26.5. The van der Waals surface area contributed by atoms with Gasteiger partial charge in [0.05, 0.1) is 12.7 Å². The quantitative estimate of drug-likeness (QED) is 0.492. The molecule has 0 radical (unpaired) electrons. The molecule has 0 aliphatic carbocycles. The van der Waals surface area contributed by atoms with Gasteiger partial charge in [-0.1, -0.05) is 0 Å². The third-order valence-electron chi connectivity index (χ3n) is 2.37. The highest BCUT2D eigenvalue weighted by molar-refractivity contribution is 4.79. The fraction of sp³-hybridized carbons (Fsp3) is 1.00. The van der Waals surface area contributed by atoms with E-state index in [1.807, 2.05) is 7.05 Å². The van der Waals surface area contributed by atoms with Gasteiger partial charge in [0.1, 0.15) is 0 Å². The molecule has 0 aromatic heterocycles. The second-order valence-corrected chi connectivity index (χ2v) is 3.42. The molecule has 1 fully saturated rings. The largest absolute Gasteiger partial charge is 0.394 e. The minimum absolute atomic E-state index is 0.148. The summed E-state index contributed by atoms with van der Waals surface area (Å²) in [5.41, 5.74) is 0. The molecule has 0 saturated carbocycles. The van der Waals surface area contributed by atoms with Crippen molar-refractivity contribution in [3.8, 4) is 0 Å². The van der Waals surface area contributed by atoms with Crippen LogP contribution >= 0.6 is 0 Å². The minimum atomic E-state index is -0.601. The zero-order chi connectivity index (χ0) is 8.97. The van der Waals surface area contributed by atoms with Crippen molar-refractivity contribution < 1.29 is 10.2 Å². The number of nitrogens with zero attached hydrogens (tertiary/aromatic N) is 1. The van der Waals surface area contributed by atoms with Gasteiger partial charge >= 0.3 is 0 Å². The smallest absolute Gasteiger partial charge is 0.0897 e. The van der Waals surface area contributed by atoms with Gasteiger partial charge < -0.3 is 15.5 Å². The fourth-order valence-corrected chi connectivity index (χ4v) is 1.55. The van der Waals surface area contributed by atoms with Crippen LogP contribution < -0.4 is 5.32 Å². The van der Waals surface area contributed by atoms with E-state index in [4.69, 9.17) is 5.11 Å². The topological polar surface area (TPSA) is 55.7 Å². The number of hydrogen-bond donors (Lipinski definition) is 3. The molecule has 0 amide bonds. The second kappa shape index (κ2) is 4.77. The van der Waals surface area contributed by atoms with Crippen molar-refractivity contribution in [1.82, 2.24) is 10.2 Å². The van der Waals surface area contributed by atoms with Crippen molar-refractivity contribution >= 4 is 0 Å². The van der Waals surface area contributed by atoms with Gasteiger partial charge in [-0.25, -0.2) is 0 Å². The third-order valence-corrected chi connectivity index (χ3v) is 2.37. The predicted octanol–water partition coefficient (Wildman–Crippen LogP) is -1.37. The molecule has 0 aromatic rings. The van der Waals surface area contributed by atoms with E-state index >= 15 is 0 Å². The van der Waals surface area contributed by atoms with Crippen molar-refractivity contribution in [3.05, 3.63) is 0 Å². The molecule has 3 N–H and O–H groups in total. The first-order valence-corrected chi connectivity index (χ1v) is 4.44. The lowest BCUT2D eigenvalue weighted by Crippen LogP contribution is -2.39. The summed E-state index contributed by atoms with van der Waals surface area (Å²) in [6.45, 7) is 2.46. The first-order valence-electron chi connectivity index (χ1n) is 4.44. The first-order chi connectivity index (χ1) is 5.74. The van der Waals surface area contributed by atoms with Gasteiger partial charge in [0.25, 0.3) is 0 Å². The van der Waals surface area contributed by atoms with Crippen molar-refractivity contribution in [2.75, 3.05) is 33.3 Å². The van der Waals surface area contributed by atoms with E-state index in [0.717, 1.165) is 19.5 Å². The monoisotopic (exact) mass is 174 g/mol. The molecule has 0 spiro atoms. The standard InChI is InChI=1S/C8H18N2O2/c1-10(5-8(12)6-11)7-2-3-9-4-7/h7-9,11-12H,2-6H2,1H3. The number of aliphatic hydroxyl groups excluding tert-OH is 2. The third kappa shape index (κ3) is 2.71. The Morgan fingerprint density at radius 2 is 2.42 bits per heavy atom. The second-order valence-electron chi connectivity index (χ2n) is 3.42. The van der Waals surface area contributed by atoms with Crippen LogP contribution in [0.1, 0.15) is 6.42 Å². The van der Waals surface area contributed by atoms with Gasteiger partial charge in [0.15, 0.2) is 0 Å². The van der Waals surface area contributed by atoms with Crippen molar-refractivity contribution in [2.45, 2.75) is 18.6 Å². The maximum Gasteiger partial charge on any atom is 0.0897 e. The highest BCUT2D eigenvalue weighted by Crippen LogP contribution is 2.06. The summed E-state index contributed by atoms with van der Waals surface area (Å²) in [5, 5.41) is 21.1. The van der Waals surface area contributed by atoms with E-state index < -0.39 is 6.10 Å². The fourth-order valence-electron chi connectivity index (χ4n) is 1.55. The SMILES string of the molecule is CN(CC(O)CO)C1CCNC1. The average Bonchev–Trinajstić information content (AvgIpc) is 2.56. The summed E-state index contributed by atoms with van der Waals surface area (Å²) in [6, 6.07) is 0.520. The molecule has 1 saturated heterocycles. The van der Waals surface area contributed by atoms with Crippen LogP contribution in [0.15, 0.2) is 0 Å². The first kappa shape index (κ1) is 9.92. The van der Waals surface area contributed by atoms with Crippen LogP contribution in [0.25, 0.3) is 0 Å². The maximum absolute atomic E-state index is 9.18. The molecule has 2 atom stereocenters. The Balaban J connectivity index is 2.21. The highest BCUT2D eigenvalue weighted by Gasteiger charge is 2.20. The highest BCUT2D eigenvalue weighted by atomic mass is 16.3. The lowest BCUT2D eigenvalue weighted by Gasteiger charge is -2.25. The Bertz CT molecular complexity index is 126. The summed E-state index contributed by atoms with van der Waals surface area (Å²) < 4.78 is 0. The molecule has 1 rings (SSSR count). The molecule has 1 heterocycles. The predicted molar refractivity (Wildman–Crippen MR) is 47.0 cm³/mol. The van der Waals surface area contributed by atoms with Crippen molar-refractivity contribution in [2.24, 2.45) is 0 Å². The number of nitrogens with one attached hydrogen (secondary N) is 1. The maximum atomic E-state index is 9.18. The molecule has 4 heteroatoms. The lowest BCUT2D eigenvalue weighted by atomic mass is 10.2. The number of aliphatic hydroxyl groups is 2. The van der Waals surface area contributed by atoms with Crippen LogP contribution in [0.3, 0.4) is 0 Å². The number of hydrogen-bond acceptors (Lipinski definition) is 4. The van der Waals surface area contributed by atoms with Crippen LogP contribution in [0.5, 0.6) is 0 Å². The zero-order valence-corrected chi connectivity index (χ0v) is 7.53. The van der Waals surface area contributed by atoms with Gasteiger partial charge in [-0.05, 0) is 20.0 Å². The average molecular weight is 174 g/mol. The molecule has 0 aromatic carbocycles. The van der Waals surface area contributed by atoms with E-state index in [1.54, 1.807) is 0 Å². The van der Waals surface area contributed by atoms with E-state index in [0.29, 0.717) is 12.6 Å². The molecule has 1 aliphatic heterocycles.